The molecule has 0 fully saturated rings. The number of nitrogens with zero attached hydrogens (tertiary/aromatic N) is 3. The molecule has 1 rings (SSSR count). The first-order valence-electron chi connectivity index (χ1n) is 3.19. The van der Waals surface area contributed by atoms with E-state index in [0.29, 0.717) is 0 Å². The fourth-order valence-electron chi connectivity index (χ4n) is 0.749. The maximum absolute atomic E-state index is 10.8. The van der Waals surface area contributed by atoms with E-state index in [1.807, 2.05) is 0 Å². The van der Waals surface area contributed by atoms with Crippen molar-refractivity contribution in [2.45, 2.75) is 18.9 Å². The van der Waals surface area contributed by atoms with Crippen molar-refractivity contribution in [3.8, 4) is 0 Å². The van der Waals surface area contributed by atoms with Crippen molar-refractivity contribution in [1.29, 1.82) is 0 Å². The summed E-state index contributed by atoms with van der Waals surface area (Å²) in [6.07, 6.45) is 1.72. The summed E-state index contributed by atoms with van der Waals surface area (Å²) in [6, 6.07) is 0. The third-order valence-corrected chi connectivity index (χ3v) is 1.39. The molecule has 11 heavy (non-hydrogen) atoms. The third-order valence-electron chi connectivity index (χ3n) is 1.39. The van der Waals surface area contributed by atoms with Crippen molar-refractivity contribution in [2.24, 2.45) is 15.4 Å². The number of hydrogen-bond acceptors (Lipinski definition) is 5. The van der Waals surface area contributed by atoms with Gasteiger partial charge in [-0.25, -0.2) is 0 Å². The van der Waals surface area contributed by atoms with Gasteiger partial charge in [0.2, 0.25) is 0 Å². The molecule has 1 aliphatic rings. The van der Waals surface area contributed by atoms with Gasteiger partial charge in [-0.2, -0.15) is 5.11 Å². The second kappa shape index (κ2) is 2.77. The van der Waals surface area contributed by atoms with Crippen molar-refractivity contribution in [3.63, 3.8) is 0 Å². The molecule has 1 unspecified atom stereocenters. The molecule has 0 N–H and O–H groups in total. The zero-order valence-corrected chi connectivity index (χ0v) is 6.44. The molecular weight excluding hydrogens is 146 g/mol. The van der Waals surface area contributed by atoms with E-state index in [1.165, 1.54) is 13.3 Å². The number of methoxy groups -OCH3 is 1. The molecule has 0 spiro atoms. The molecule has 5 nitrogen and oxygen atoms in total. The smallest absolute Gasteiger partial charge is 0.308 e. The van der Waals surface area contributed by atoms with Crippen LogP contribution >= 0.6 is 0 Å². The highest BCUT2D eigenvalue weighted by Gasteiger charge is 2.28. The maximum atomic E-state index is 10.8. The number of carbonyl (C=O) groups excluding carboxylic acids is 1. The Labute approximate surface area is 64.1 Å². The first kappa shape index (κ1) is 7.84. The average Bonchev–Trinajstić information content (AvgIpc) is 2.36. The summed E-state index contributed by atoms with van der Waals surface area (Å²) in [7, 11) is 1.34. The van der Waals surface area contributed by atoms with Crippen LogP contribution in [0.4, 0.5) is 0 Å². The van der Waals surface area contributed by atoms with Crippen LogP contribution in [0.3, 0.4) is 0 Å². The number of carbonyl (C=O) groups is 1. The lowest BCUT2D eigenvalue weighted by Crippen LogP contribution is -2.26. The van der Waals surface area contributed by atoms with Crippen molar-refractivity contribution >= 4 is 12.2 Å². The van der Waals surface area contributed by atoms with Crippen LogP contribution in [-0.2, 0) is 9.53 Å². The number of esters is 1. The Balaban J connectivity index is 2.54. The van der Waals surface area contributed by atoms with Crippen LogP contribution in [0.25, 0.3) is 0 Å². The van der Waals surface area contributed by atoms with Crippen LogP contribution in [0.1, 0.15) is 13.3 Å². The topological polar surface area (TPSA) is 63.4 Å². The molecule has 0 saturated carbocycles. The van der Waals surface area contributed by atoms with Gasteiger partial charge < -0.3 is 4.74 Å². The highest BCUT2D eigenvalue weighted by molar-refractivity contribution is 5.81. The first-order chi connectivity index (χ1) is 5.16. The Morgan fingerprint density at radius 1 is 1.73 bits per heavy atom. The van der Waals surface area contributed by atoms with Gasteiger partial charge in [-0.1, -0.05) is 0 Å². The van der Waals surface area contributed by atoms with Gasteiger partial charge in [-0.3, -0.25) is 4.79 Å². The fourth-order valence-corrected chi connectivity index (χ4v) is 0.749. The lowest BCUT2D eigenvalue weighted by atomic mass is 10.0. The van der Waals surface area contributed by atoms with E-state index in [9.17, 15) is 4.79 Å². The molecule has 0 aliphatic carbocycles. The zero-order chi connectivity index (χ0) is 8.32. The van der Waals surface area contributed by atoms with Crippen LogP contribution in [0.5, 0.6) is 0 Å². The minimum Gasteiger partial charge on any atom is -0.469 e. The highest BCUT2D eigenvalue weighted by atomic mass is 16.5. The predicted octanol–water partition coefficient (Wildman–Crippen LogP) is 0.760. The lowest BCUT2D eigenvalue weighted by Gasteiger charge is -2.11. The lowest BCUT2D eigenvalue weighted by molar-refractivity contribution is -0.141. The summed E-state index contributed by atoms with van der Waals surface area (Å²) >= 11 is 0. The highest BCUT2D eigenvalue weighted by Crippen LogP contribution is 2.18. The minimum absolute atomic E-state index is 0.191. The van der Waals surface area contributed by atoms with Gasteiger partial charge in [0, 0.05) is 0 Å². The third kappa shape index (κ3) is 1.83. The standard InChI is InChI=1S/C6H9N3O2/c1-6(3-5(10)11-2)4-7-9-8-6/h4H,3H2,1-2H3. The van der Waals surface area contributed by atoms with Crippen LogP contribution < -0.4 is 0 Å². The molecule has 0 aromatic heterocycles. The van der Waals surface area contributed by atoms with E-state index >= 15 is 0 Å². The number of hydrogen-bond donors (Lipinski definition) is 0. The van der Waals surface area contributed by atoms with Gasteiger partial charge in [0.25, 0.3) is 0 Å². The summed E-state index contributed by atoms with van der Waals surface area (Å²) in [5.41, 5.74) is -0.590. The molecule has 1 atom stereocenters. The summed E-state index contributed by atoms with van der Waals surface area (Å²) < 4.78 is 4.48. The van der Waals surface area contributed by atoms with Gasteiger partial charge >= 0.3 is 5.97 Å². The van der Waals surface area contributed by atoms with E-state index < -0.39 is 5.54 Å². The summed E-state index contributed by atoms with van der Waals surface area (Å²) in [5.74, 6) is -0.306. The van der Waals surface area contributed by atoms with Gasteiger partial charge in [-0.05, 0) is 12.1 Å². The summed E-state index contributed by atoms with van der Waals surface area (Å²) in [6.45, 7) is 1.77. The van der Waals surface area contributed by atoms with Crippen molar-refractivity contribution in [1.82, 2.24) is 0 Å². The largest absolute Gasteiger partial charge is 0.469 e. The van der Waals surface area contributed by atoms with E-state index in [0.717, 1.165) is 0 Å². The van der Waals surface area contributed by atoms with Crippen molar-refractivity contribution < 1.29 is 9.53 Å². The summed E-state index contributed by atoms with van der Waals surface area (Å²) in [5, 5.41) is 10.7. The zero-order valence-electron chi connectivity index (χ0n) is 6.44. The van der Waals surface area contributed by atoms with Gasteiger partial charge in [0.05, 0.1) is 19.7 Å². The van der Waals surface area contributed by atoms with Gasteiger partial charge in [0.15, 0.2) is 0 Å². The molecule has 5 heteroatoms. The molecule has 60 valence electrons. The second-order valence-corrected chi connectivity index (χ2v) is 2.54. The molecule has 0 radical (unpaired) electrons. The Hall–Kier alpha value is -1.26. The van der Waals surface area contributed by atoms with Crippen LogP contribution in [-0.4, -0.2) is 24.8 Å². The second-order valence-electron chi connectivity index (χ2n) is 2.54. The van der Waals surface area contributed by atoms with Gasteiger partial charge in [-0.15, -0.1) is 5.10 Å². The Kier molecular flexibility index (Phi) is 1.98. The van der Waals surface area contributed by atoms with E-state index in [-0.39, 0.29) is 12.4 Å². The maximum Gasteiger partial charge on any atom is 0.308 e. The predicted molar refractivity (Wildman–Crippen MR) is 38.4 cm³/mol. The Morgan fingerprint density at radius 2 is 2.45 bits per heavy atom. The Morgan fingerprint density at radius 3 is 2.91 bits per heavy atom. The van der Waals surface area contributed by atoms with Crippen molar-refractivity contribution in [2.75, 3.05) is 7.11 Å². The van der Waals surface area contributed by atoms with Crippen molar-refractivity contribution in [3.05, 3.63) is 0 Å². The normalized spacial score (nSPS) is 27.5. The van der Waals surface area contributed by atoms with E-state index in [4.69, 9.17) is 0 Å². The fraction of sp³-hybridized carbons (Fsp3) is 0.667. The average molecular weight is 155 g/mol. The molecule has 0 bridgehead atoms. The van der Waals surface area contributed by atoms with Crippen LogP contribution in [0.2, 0.25) is 0 Å². The minimum atomic E-state index is -0.590. The molecule has 1 aliphatic heterocycles. The molecule has 1 heterocycles. The summed E-state index contributed by atoms with van der Waals surface area (Å²) in [4.78, 5) is 10.8. The van der Waals surface area contributed by atoms with Gasteiger partial charge in [0.1, 0.15) is 5.54 Å². The molecule has 0 aromatic carbocycles. The molecule has 0 saturated heterocycles. The number of rotatable bonds is 2. The van der Waals surface area contributed by atoms with E-state index in [2.05, 4.69) is 20.2 Å². The quantitative estimate of drug-likeness (QED) is 0.552. The SMILES string of the molecule is COC(=O)CC1(C)C=NN=N1. The molecular formula is C6H9N3O2. The first-order valence-corrected chi connectivity index (χ1v) is 3.19. The Bertz CT molecular complexity index is 210. The monoisotopic (exact) mass is 155 g/mol. The van der Waals surface area contributed by atoms with E-state index in [1.54, 1.807) is 6.92 Å². The molecule has 0 amide bonds. The molecule has 0 aromatic rings. The van der Waals surface area contributed by atoms with Crippen LogP contribution in [0.15, 0.2) is 15.4 Å². The number of ether oxygens (including phenoxy) is 1. The van der Waals surface area contributed by atoms with Crippen LogP contribution in [0, 0.1) is 0 Å².